The predicted molar refractivity (Wildman–Crippen MR) is 81.6 cm³/mol. The second-order valence-electron chi connectivity index (χ2n) is 5.03. The molecule has 2 heteroatoms. The summed E-state index contributed by atoms with van der Waals surface area (Å²) >= 11 is 0. The number of ketones is 1. The highest BCUT2D eigenvalue weighted by molar-refractivity contribution is 6.09. The summed E-state index contributed by atoms with van der Waals surface area (Å²) in [6.07, 6.45) is 0.976. The normalized spacial score (nSPS) is 10.3. The van der Waals surface area contributed by atoms with Gasteiger partial charge in [0.05, 0.1) is 6.61 Å². The van der Waals surface area contributed by atoms with Crippen molar-refractivity contribution in [3.8, 4) is 5.75 Å². The highest BCUT2D eigenvalue weighted by Gasteiger charge is 2.11. The molecule has 0 aliphatic heterocycles. The van der Waals surface area contributed by atoms with E-state index in [4.69, 9.17) is 4.74 Å². The molecule has 2 aromatic carbocycles. The van der Waals surface area contributed by atoms with Crippen molar-refractivity contribution in [2.75, 3.05) is 6.61 Å². The summed E-state index contributed by atoms with van der Waals surface area (Å²) in [6, 6.07) is 13.3. The number of aryl methyl sites for hydroxylation is 2. The third-order valence-electron chi connectivity index (χ3n) is 3.18. The molecule has 2 nitrogen and oxygen atoms in total. The Labute approximate surface area is 120 Å². The van der Waals surface area contributed by atoms with Gasteiger partial charge in [-0.15, -0.1) is 0 Å². The first-order valence-corrected chi connectivity index (χ1v) is 6.96. The van der Waals surface area contributed by atoms with Gasteiger partial charge in [-0.25, -0.2) is 0 Å². The minimum atomic E-state index is 0.0545. The minimum Gasteiger partial charge on any atom is -0.493 e. The van der Waals surface area contributed by atoms with Gasteiger partial charge in [0.1, 0.15) is 5.75 Å². The van der Waals surface area contributed by atoms with Gasteiger partial charge in [0.15, 0.2) is 5.78 Å². The standard InChI is InChI=1S/C18H20O2/c1-4-10-20-17-9-8-16(12-14(17)3)18(19)15-7-5-6-13(2)11-15/h5-9,11-12H,4,10H2,1-3H3. The number of carbonyl (C=O) groups excluding carboxylic acids is 1. The Kier molecular flexibility index (Phi) is 4.57. The fourth-order valence-electron chi connectivity index (χ4n) is 2.12. The third-order valence-corrected chi connectivity index (χ3v) is 3.18. The summed E-state index contributed by atoms with van der Waals surface area (Å²) < 4.78 is 5.63. The minimum absolute atomic E-state index is 0.0545. The van der Waals surface area contributed by atoms with Crippen LogP contribution in [0, 0.1) is 13.8 Å². The first kappa shape index (κ1) is 14.3. The van der Waals surface area contributed by atoms with Crippen molar-refractivity contribution >= 4 is 5.78 Å². The number of ether oxygens (including phenoxy) is 1. The van der Waals surface area contributed by atoms with E-state index >= 15 is 0 Å². The molecule has 20 heavy (non-hydrogen) atoms. The third kappa shape index (κ3) is 3.27. The van der Waals surface area contributed by atoms with Crippen molar-refractivity contribution < 1.29 is 9.53 Å². The lowest BCUT2D eigenvalue weighted by atomic mass is 10.00. The van der Waals surface area contributed by atoms with E-state index in [1.165, 1.54) is 0 Å². The van der Waals surface area contributed by atoms with Gasteiger partial charge in [-0.2, -0.15) is 0 Å². The molecule has 0 spiro atoms. The maximum Gasteiger partial charge on any atom is 0.193 e. The smallest absolute Gasteiger partial charge is 0.193 e. The molecule has 0 aliphatic rings. The van der Waals surface area contributed by atoms with Crippen LogP contribution in [0.4, 0.5) is 0 Å². The van der Waals surface area contributed by atoms with Crippen molar-refractivity contribution in [2.24, 2.45) is 0 Å². The molecule has 0 atom stereocenters. The van der Waals surface area contributed by atoms with Crippen molar-refractivity contribution in [1.82, 2.24) is 0 Å². The number of carbonyl (C=O) groups is 1. The zero-order valence-corrected chi connectivity index (χ0v) is 12.3. The van der Waals surface area contributed by atoms with Crippen molar-refractivity contribution in [3.05, 3.63) is 64.7 Å². The topological polar surface area (TPSA) is 26.3 Å². The zero-order chi connectivity index (χ0) is 14.5. The van der Waals surface area contributed by atoms with Gasteiger partial charge in [0.2, 0.25) is 0 Å². The monoisotopic (exact) mass is 268 g/mol. The van der Waals surface area contributed by atoms with E-state index in [1.54, 1.807) is 0 Å². The fourth-order valence-corrected chi connectivity index (χ4v) is 2.12. The molecule has 2 rings (SSSR count). The Hall–Kier alpha value is -2.09. The highest BCUT2D eigenvalue weighted by Crippen LogP contribution is 2.21. The Bertz CT molecular complexity index is 615. The number of rotatable bonds is 5. The molecule has 0 fully saturated rings. The lowest BCUT2D eigenvalue weighted by molar-refractivity contribution is 0.103. The van der Waals surface area contributed by atoms with Crippen LogP contribution in [-0.2, 0) is 0 Å². The first-order valence-electron chi connectivity index (χ1n) is 6.96. The summed E-state index contributed by atoms with van der Waals surface area (Å²) in [4.78, 5) is 12.4. The molecule has 0 unspecified atom stereocenters. The van der Waals surface area contributed by atoms with Crippen molar-refractivity contribution in [2.45, 2.75) is 27.2 Å². The van der Waals surface area contributed by atoms with E-state index in [0.717, 1.165) is 28.9 Å². The first-order chi connectivity index (χ1) is 9.61. The van der Waals surface area contributed by atoms with Gasteiger partial charge in [-0.05, 0) is 50.1 Å². The van der Waals surface area contributed by atoms with Crippen LogP contribution in [0.5, 0.6) is 5.75 Å². The SMILES string of the molecule is CCCOc1ccc(C(=O)c2cccc(C)c2)cc1C. The molecular formula is C18H20O2. The Morgan fingerprint density at radius 3 is 2.45 bits per heavy atom. The van der Waals surface area contributed by atoms with E-state index in [2.05, 4.69) is 6.92 Å². The molecule has 0 saturated heterocycles. The lowest BCUT2D eigenvalue weighted by Crippen LogP contribution is -2.03. The van der Waals surface area contributed by atoms with Gasteiger partial charge < -0.3 is 4.74 Å². The van der Waals surface area contributed by atoms with Gasteiger partial charge in [0, 0.05) is 11.1 Å². The largest absolute Gasteiger partial charge is 0.493 e. The molecule has 2 aromatic rings. The molecule has 0 bridgehead atoms. The van der Waals surface area contributed by atoms with Crippen LogP contribution in [0.15, 0.2) is 42.5 Å². The fraction of sp³-hybridized carbons (Fsp3) is 0.278. The van der Waals surface area contributed by atoms with Crippen molar-refractivity contribution in [3.63, 3.8) is 0 Å². The molecule has 104 valence electrons. The zero-order valence-electron chi connectivity index (χ0n) is 12.3. The quantitative estimate of drug-likeness (QED) is 0.755. The maximum atomic E-state index is 12.4. The molecule has 0 heterocycles. The maximum absolute atomic E-state index is 12.4. The molecular weight excluding hydrogens is 248 g/mol. The molecule has 0 saturated carbocycles. The van der Waals surface area contributed by atoms with E-state index in [1.807, 2.05) is 56.3 Å². The van der Waals surface area contributed by atoms with Crippen LogP contribution in [0.2, 0.25) is 0 Å². The summed E-state index contributed by atoms with van der Waals surface area (Å²) in [5, 5.41) is 0. The average molecular weight is 268 g/mol. The summed E-state index contributed by atoms with van der Waals surface area (Å²) in [5.74, 6) is 0.909. The average Bonchev–Trinajstić information content (AvgIpc) is 2.45. The van der Waals surface area contributed by atoms with Crippen LogP contribution in [0.3, 0.4) is 0 Å². The van der Waals surface area contributed by atoms with Crippen LogP contribution in [0.1, 0.15) is 40.4 Å². The Balaban J connectivity index is 2.25. The Morgan fingerprint density at radius 1 is 1.05 bits per heavy atom. The van der Waals surface area contributed by atoms with Crippen LogP contribution >= 0.6 is 0 Å². The van der Waals surface area contributed by atoms with E-state index < -0.39 is 0 Å². The van der Waals surface area contributed by atoms with E-state index in [0.29, 0.717) is 12.2 Å². The van der Waals surface area contributed by atoms with Crippen molar-refractivity contribution in [1.29, 1.82) is 0 Å². The molecule has 0 aliphatic carbocycles. The number of benzene rings is 2. The highest BCUT2D eigenvalue weighted by atomic mass is 16.5. The summed E-state index contributed by atoms with van der Waals surface area (Å²) in [6.45, 7) is 6.73. The van der Waals surface area contributed by atoms with Crippen LogP contribution in [0.25, 0.3) is 0 Å². The predicted octanol–water partition coefficient (Wildman–Crippen LogP) is 4.32. The van der Waals surface area contributed by atoms with Gasteiger partial charge in [-0.1, -0.05) is 30.7 Å². The molecule has 0 aromatic heterocycles. The van der Waals surface area contributed by atoms with Gasteiger partial charge >= 0.3 is 0 Å². The van der Waals surface area contributed by atoms with Crippen LogP contribution in [-0.4, -0.2) is 12.4 Å². The molecule has 0 radical (unpaired) electrons. The van der Waals surface area contributed by atoms with E-state index in [-0.39, 0.29) is 5.78 Å². The molecule has 0 amide bonds. The Morgan fingerprint density at radius 2 is 1.80 bits per heavy atom. The number of hydrogen-bond acceptors (Lipinski definition) is 2. The molecule has 0 N–H and O–H groups in total. The van der Waals surface area contributed by atoms with Crippen LogP contribution < -0.4 is 4.74 Å². The van der Waals surface area contributed by atoms with Gasteiger partial charge in [0.25, 0.3) is 0 Å². The second kappa shape index (κ2) is 6.38. The summed E-state index contributed by atoms with van der Waals surface area (Å²) in [5.41, 5.74) is 3.52. The number of hydrogen-bond donors (Lipinski definition) is 0. The van der Waals surface area contributed by atoms with Gasteiger partial charge in [-0.3, -0.25) is 4.79 Å². The summed E-state index contributed by atoms with van der Waals surface area (Å²) in [7, 11) is 0. The lowest BCUT2D eigenvalue weighted by Gasteiger charge is -2.09. The van der Waals surface area contributed by atoms with E-state index in [9.17, 15) is 4.79 Å². The second-order valence-corrected chi connectivity index (χ2v) is 5.03.